The Kier molecular flexibility index (Phi) is 8.25. The van der Waals surface area contributed by atoms with Crippen LogP contribution in [-0.4, -0.2) is 133 Å². The third-order valence-electron chi connectivity index (χ3n) is 13.1. The molecule has 74 heavy (non-hydrogen) atoms. The highest BCUT2D eigenvalue weighted by Crippen LogP contribution is 2.69. The monoisotopic (exact) mass is 1030 g/mol. The Morgan fingerprint density at radius 1 is 0.122 bits per heavy atom. The summed E-state index contributed by atoms with van der Waals surface area (Å²) in [5.74, 6) is -41.8. The minimum absolute atomic E-state index is 0.962. The summed E-state index contributed by atoms with van der Waals surface area (Å²) in [4.78, 5) is 0. The lowest BCUT2D eigenvalue weighted by atomic mass is 9.83. The molecule has 0 saturated carbocycles. The van der Waals surface area contributed by atoms with Gasteiger partial charge in [0.05, 0.1) is 21.7 Å². The van der Waals surface area contributed by atoms with E-state index >= 15 is 0 Å². The van der Waals surface area contributed by atoms with E-state index in [4.69, 9.17) is 8.83 Å². The summed E-state index contributed by atoms with van der Waals surface area (Å²) >= 11 is 0. The number of phenols is 26. The topological polar surface area (TPSA) is 552 Å². The van der Waals surface area contributed by atoms with Crippen molar-refractivity contribution in [3.05, 3.63) is 0 Å². The number of hydrogen-bond acceptors (Lipinski definition) is 28. The van der Waals surface area contributed by atoms with E-state index in [-0.39, 0.29) is 0 Å². The van der Waals surface area contributed by atoms with Gasteiger partial charge < -0.3 is 142 Å². The van der Waals surface area contributed by atoms with Gasteiger partial charge in [-0.25, -0.2) is 0 Å². The van der Waals surface area contributed by atoms with Crippen LogP contribution >= 0.6 is 0 Å². The van der Waals surface area contributed by atoms with Crippen LogP contribution in [0.2, 0.25) is 0 Å². The molecule has 28 nitrogen and oxygen atoms in total. The molecule has 0 atom stereocenters. The Hall–Kier alpha value is -11.6. The van der Waals surface area contributed by atoms with Gasteiger partial charge in [0.25, 0.3) is 0 Å². The SMILES string of the molecule is Oc1c(O)c(O)c2c(oc3c(O)c(O)c(-c4c5c(O)c(O)c(O)c(O)c5c5c6c(O)c(O)c(-c7c(O)c(O)c(O)c8c(O)c(O)c(O)c(O)c78)c7c(O)c(O)c(O)c(oc8c(O)c(O)c(O)c4c85)c76)c(O)c32)c1O. The average Bonchev–Trinajstić information content (AvgIpc) is 3.71. The molecule has 378 valence electrons. The van der Waals surface area contributed by atoms with Crippen LogP contribution in [0.5, 0.6) is 149 Å². The van der Waals surface area contributed by atoms with Crippen molar-refractivity contribution in [1.82, 2.24) is 0 Å². The summed E-state index contributed by atoms with van der Waals surface area (Å²) in [6, 6.07) is 0. The van der Waals surface area contributed by atoms with Crippen molar-refractivity contribution >= 4 is 87.0 Å². The van der Waals surface area contributed by atoms with Gasteiger partial charge in [-0.3, -0.25) is 0 Å². The Balaban J connectivity index is 1.51. The zero-order chi connectivity index (χ0) is 54.0. The Morgan fingerprint density at radius 3 is 0.784 bits per heavy atom. The van der Waals surface area contributed by atoms with E-state index in [9.17, 15) is 133 Å². The summed E-state index contributed by atoms with van der Waals surface area (Å²) in [6.07, 6.45) is 0. The predicted molar refractivity (Wildman–Crippen MR) is 245 cm³/mol. The molecule has 0 spiro atoms. The van der Waals surface area contributed by atoms with Crippen molar-refractivity contribution < 1.29 is 142 Å². The van der Waals surface area contributed by atoms with E-state index in [1.807, 2.05) is 0 Å². The van der Waals surface area contributed by atoms with E-state index in [2.05, 4.69) is 0 Å². The summed E-state index contributed by atoms with van der Waals surface area (Å²) in [6.45, 7) is 0. The first kappa shape index (κ1) is 44.9. The maximum absolute atomic E-state index is 12.4. The van der Waals surface area contributed by atoms with E-state index in [0.717, 1.165) is 0 Å². The molecule has 9 aromatic carbocycles. The van der Waals surface area contributed by atoms with Crippen LogP contribution in [0.1, 0.15) is 0 Å². The summed E-state index contributed by atoms with van der Waals surface area (Å²) in [5, 5.41) is 280. The molecule has 0 aliphatic rings. The van der Waals surface area contributed by atoms with Gasteiger partial charge in [0.2, 0.25) is 74.7 Å². The molecule has 11 aromatic rings. The lowest BCUT2D eigenvalue weighted by Gasteiger charge is -2.22. The Labute approximate surface area is 399 Å². The van der Waals surface area contributed by atoms with Crippen LogP contribution in [0.4, 0.5) is 0 Å². The number of phenolic OH excluding ortho intramolecular Hbond substituents is 26. The van der Waals surface area contributed by atoms with E-state index in [0.29, 0.717) is 0 Å². The maximum Gasteiger partial charge on any atom is 0.208 e. The molecular weight excluding hydrogens is 1000 g/mol. The van der Waals surface area contributed by atoms with Gasteiger partial charge in [-0.2, -0.15) is 0 Å². The molecule has 0 bridgehead atoms. The van der Waals surface area contributed by atoms with Crippen LogP contribution in [-0.2, 0) is 0 Å². The normalized spacial score (nSPS) is 12.1. The number of aromatic hydroxyl groups is 26. The molecule has 0 amide bonds. The maximum atomic E-state index is 12.4. The minimum Gasteiger partial charge on any atom is -0.506 e. The van der Waals surface area contributed by atoms with E-state index < -0.39 is 259 Å². The molecule has 26 N–H and O–H groups in total. The van der Waals surface area contributed by atoms with E-state index in [1.54, 1.807) is 0 Å². The molecule has 0 radical (unpaired) electrons. The fourth-order valence-electron chi connectivity index (χ4n) is 9.79. The zero-order valence-corrected chi connectivity index (χ0v) is 35.4. The number of furan rings is 1. The van der Waals surface area contributed by atoms with Crippen molar-refractivity contribution in [1.29, 1.82) is 0 Å². The van der Waals surface area contributed by atoms with Gasteiger partial charge >= 0.3 is 0 Å². The third-order valence-corrected chi connectivity index (χ3v) is 13.1. The van der Waals surface area contributed by atoms with Gasteiger partial charge in [-0.05, 0) is 0 Å². The van der Waals surface area contributed by atoms with Crippen LogP contribution in [0.25, 0.3) is 109 Å². The zero-order valence-electron chi connectivity index (χ0n) is 35.4. The van der Waals surface area contributed by atoms with Crippen molar-refractivity contribution in [2.45, 2.75) is 0 Å². The standard InChI is InChI=1S/C46H26O28/c47-17-13(28(58)39(69)45-15(17)16-29(59)35(65)38(68)42(72)46(16)74-45)2-4-3(20(50)31(61)32(62)21(4)51)1-5-12-9(24(54)37(67)41(71)44(12)73-43-11(1)6(2)22(52)36(66)40(43)70)7(19(49)18(5)48)8-10-14(26(56)30(60)23(8)53)27(57)34(64)33(63)25(10)55/h47-72H. The first-order valence-corrected chi connectivity index (χ1v) is 20.1. The largest absolute Gasteiger partial charge is 0.506 e. The molecule has 0 unspecified atom stereocenters. The first-order chi connectivity index (χ1) is 34.6. The number of fused-ring (bicyclic) bond motifs is 7. The second-order valence-corrected chi connectivity index (χ2v) is 16.6. The Morgan fingerprint density at radius 2 is 0.338 bits per heavy atom. The van der Waals surface area contributed by atoms with Crippen molar-refractivity contribution in [3.8, 4) is 172 Å². The van der Waals surface area contributed by atoms with Crippen LogP contribution in [0.15, 0.2) is 8.83 Å². The minimum atomic E-state index is -1.77. The highest BCUT2D eigenvalue weighted by molar-refractivity contribution is 6.42. The van der Waals surface area contributed by atoms with E-state index in [1.165, 1.54) is 0 Å². The second kappa shape index (κ2) is 13.6. The Bertz CT molecular complexity index is 4590. The molecule has 11 rings (SSSR count). The number of rotatable bonds is 2. The van der Waals surface area contributed by atoms with Crippen molar-refractivity contribution in [2.75, 3.05) is 0 Å². The molecule has 0 saturated heterocycles. The molecule has 2 heterocycles. The summed E-state index contributed by atoms with van der Waals surface area (Å²) in [5.41, 5.74) is -10.2. The number of benzene rings is 9. The second-order valence-electron chi connectivity index (χ2n) is 16.6. The molecular formula is C46H26O28. The predicted octanol–water partition coefficient (Wildman–Crippen LogP) is 5.78. The molecule has 28 heteroatoms. The third kappa shape index (κ3) is 4.73. The highest BCUT2D eigenvalue weighted by Gasteiger charge is 2.40. The van der Waals surface area contributed by atoms with Crippen molar-refractivity contribution in [2.24, 2.45) is 0 Å². The smallest absolute Gasteiger partial charge is 0.208 e. The van der Waals surface area contributed by atoms with Gasteiger partial charge in [-0.15, -0.1) is 0 Å². The van der Waals surface area contributed by atoms with Crippen LogP contribution in [0.3, 0.4) is 0 Å². The fraction of sp³-hybridized carbons (Fsp3) is 0. The van der Waals surface area contributed by atoms with Gasteiger partial charge in [0.1, 0.15) is 5.75 Å². The first-order valence-electron chi connectivity index (χ1n) is 20.1. The number of hydrogen-bond donors (Lipinski definition) is 26. The summed E-state index contributed by atoms with van der Waals surface area (Å²) < 4.78 is 11.3. The lowest BCUT2D eigenvalue weighted by molar-refractivity contribution is 0.347. The van der Waals surface area contributed by atoms with Gasteiger partial charge in [0, 0.05) is 65.2 Å². The van der Waals surface area contributed by atoms with Crippen molar-refractivity contribution in [3.63, 3.8) is 0 Å². The quantitative estimate of drug-likeness (QED) is 0.0554. The summed E-state index contributed by atoms with van der Waals surface area (Å²) in [7, 11) is 0. The van der Waals surface area contributed by atoms with Crippen LogP contribution < -0.4 is 0 Å². The molecule has 0 aliphatic heterocycles. The molecule has 2 aromatic heterocycles. The lowest BCUT2D eigenvalue weighted by Crippen LogP contribution is -1.94. The van der Waals surface area contributed by atoms with Gasteiger partial charge in [0.15, 0.2) is 91.3 Å². The van der Waals surface area contributed by atoms with Gasteiger partial charge in [-0.1, -0.05) is 0 Å². The molecule has 0 fully saturated rings. The average molecular weight is 1030 g/mol. The fourth-order valence-corrected chi connectivity index (χ4v) is 9.79. The van der Waals surface area contributed by atoms with Crippen LogP contribution in [0, 0.1) is 0 Å². The molecule has 0 aliphatic carbocycles. The highest BCUT2D eigenvalue weighted by atomic mass is 16.4.